The second-order valence-corrected chi connectivity index (χ2v) is 3.49. The third-order valence-electron chi connectivity index (χ3n) is 2.35. The van der Waals surface area contributed by atoms with Crippen LogP contribution in [-0.2, 0) is 6.54 Å². The molecule has 96 valence electrons. The van der Waals surface area contributed by atoms with E-state index in [9.17, 15) is 0 Å². The van der Waals surface area contributed by atoms with Crippen LogP contribution in [0, 0.1) is 6.92 Å². The highest BCUT2D eigenvalue weighted by molar-refractivity contribution is 14.0. The first-order chi connectivity index (χ1) is 7.71. The van der Waals surface area contributed by atoms with Crippen molar-refractivity contribution in [3.8, 4) is 5.75 Å². The van der Waals surface area contributed by atoms with Gasteiger partial charge in [0, 0.05) is 26.2 Å². The van der Waals surface area contributed by atoms with Crippen molar-refractivity contribution in [3.05, 3.63) is 29.3 Å². The van der Waals surface area contributed by atoms with Crippen LogP contribution < -0.4 is 15.4 Å². The van der Waals surface area contributed by atoms with Crippen LogP contribution in [0.15, 0.2) is 23.2 Å². The van der Waals surface area contributed by atoms with E-state index in [-0.39, 0.29) is 24.0 Å². The number of aliphatic imine (C=N–C) groups is 1. The van der Waals surface area contributed by atoms with Crippen molar-refractivity contribution in [1.82, 2.24) is 10.6 Å². The van der Waals surface area contributed by atoms with E-state index in [1.807, 2.05) is 20.0 Å². The molecule has 0 amide bonds. The number of aryl methyl sites for hydroxylation is 1. The zero-order valence-electron chi connectivity index (χ0n) is 10.7. The highest BCUT2D eigenvalue weighted by Crippen LogP contribution is 2.19. The molecule has 0 aliphatic rings. The molecule has 0 aliphatic heterocycles. The Bertz CT molecular complexity index is 380. The summed E-state index contributed by atoms with van der Waals surface area (Å²) < 4.78 is 5.33. The van der Waals surface area contributed by atoms with Gasteiger partial charge in [-0.1, -0.05) is 12.1 Å². The van der Waals surface area contributed by atoms with Crippen molar-refractivity contribution in [2.75, 3.05) is 21.2 Å². The number of guanidine groups is 1. The lowest BCUT2D eigenvalue weighted by molar-refractivity contribution is 0.408. The number of ether oxygens (including phenoxy) is 1. The zero-order valence-corrected chi connectivity index (χ0v) is 13.0. The molecule has 0 fully saturated rings. The topological polar surface area (TPSA) is 45.7 Å². The van der Waals surface area contributed by atoms with E-state index in [4.69, 9.17) is 4.74 Å². The van der Waals surface area contributed by atoms with E-state index < -0.39 is 0 Å². The Morgan fingerprint density at radius 3 is 2.65 bits per heavy atom. The molecular formula is C12H20IN3O. The van der Waals surface area contributed by atoms with Gasteiger partial charge in [-0.15, -0.1) is 24.0 Å². The Labute approximate surface area is 120 Å². The number of rotatable bonds is 3. The van der Waals surface area contributed by atoms with Gasteiger partial charge < -0.3 is 15.4 Å². The molecule has 0 saturated carbocycles. The molecule has 0 aliphatic carbocycles. The summed E-state index contributed by atoms with van der Waals surface area (Å²) in [6, 6.07) is 6.16. The van der Waals surface area contributed by atoms with Crippen LogP contribution in [0.3, 0.4) is 0 Å². The number of hydrogen-bond donors (Lipinski definition) is 2. The van der Waals surface area contributed by atoms with Crippen LogP contribution in [0.4, 0.5) is 0 Å². The lowest BCUT2D eigenvalue weighted by atomic mass is 10.1. The molecule has 0 heterocycles. The second-order valence-electron chi connectivity index (χ2n) is 3.49. The monoisotopic (exact) mass is 349 g/mol. The van der Waals surface area contributed by atoms with E-state index >= 15 is 0 Å². The highest BCUT2D eigenvalue weighted by atomic mass is 127. The molecule has 1 rings (SSSR count). The van der Waals surface area contributed by atoms with Crippen molar-refractivity contribution in [2.24, 2.45) is 4.99 Å². The van der Waals surface area contributed by atoms with Gasteiger partial charge in [0.25, 0.3) is 0 Å². The highest BCUT2D eigenvalue weighted by Gasteiger charge is 2.03. The van der Waals surface area contributed by atoms with Crippen molar-refractivity contribution >= 4 is 29.9 Å². The number of nitrogens with one attached hydrogen (secondary N) is 2. The minimum atomic E-state index is 0. The minimum absolute atomic E-state index is 0. The van der Waals surface area contributed by atoms with Gasteiger partial charge in [-0.25, -0.2) is 0 Å². The summed E-state index contributed by atoms with van der Waals surface area (Å²) in [7, 11) is 5.26. The zero-order chi connectivity index (χ0) is 12.0. The summed E-state index contributed by atoms with van der Waals surface area (Å²) in [6.07, 6.45) is 0. The Kier molecular flexibility index (Phi) is 7.69. The molecule has 1 aromatic carbocycles. The summed E-state index contributed by atoms with van der Waals surface area (Å²) in [4.78, 5) is 4.05. The van der Waals surface area contributed by atoms with E-state index in [1.165, 1.54) is 5.56 Å². The fraction of sp³-hybridized carbons (Fsp3) is 0.417. The van der Waals surface area contributed by atoms with Crippen LogP contribution in [-0.4, -0.2) is 27.2 Å². The maximum atomic E-state index is 5.33. The van der Waals surface area contributed by atoms with Gasteiger partial charge >= 0.3 is 0 Å². The van der Waals surface area contributed by atoms with E-state index in [0.29, 0.717) is 6.54 Å². The number of hydrogen-bond acceptors (Lipinski definition) is 2. The van der Waals surface area contributed by atoms with Gasteiger partial charge in [0.15, 0.2) is 5.96 Å². The predicted octanol–water partition coefficient (Wildman–Crippen LogP) is 1.92. The molecule has 1 aromatic rings. The molecule has 2 N–H and O–H groups in total. The average molecular weight is 349 g/mol. The number of benzene rings is 1. The first-order valence-electron chi connectivity index (χ1n) is 5.23. The summed E-state index contributed by atoms with van der Waals surface area (Å²) in [6.45, 7) is 2.74. The molecule has 0 saturated heterocycles. The van der Waals surface area contributed by atoms with Gasteiger partial charge in [0.1, 0.15) is 5.75 Å². The average Bonchev–Trinajstić information content (AvgIpc) is 2.31. The Morgan fingerprint density at radius 2 is 2.12 bits per heavy atom. The first-order valence-corrected chi connectivity index (χ1v) is 5.23. The fourth-order valence-electron chi connectivity index (χ4n) is 1.46. The van der Waals surface area contributed by atoms with Crippen molar-refractivity contribution < 1.29 is 4.74 Å². The third-order valence-corrected chi connectivity index (χ3v) is 2.35. The smallest absolute Gasteiger partial charge is 0.190 e. The van der Waals surface area contributed by atoms with Crippen molar-refractivity contribution in [2.45, 2.75) is 13.5 Å². The molecule has 4 nitrogen and oxygen atoms in total. The Morgan fingerprint density at radius 1 is 1.41 bits per heavy atom. The van der Waals surface area contributed by atoms with Crippen LogP contribution in [0.2, 0.25) is 0 Å². The summed E-state index contributed by atoms with van der Waals surface area (Å²) in [5.41, 5.74) is 2.31. The maximum absolute atomic E-state index is 5.33. The molecule has 0 radical (unpaired) electrons. The largest absolute Gasteiger partial charge is 0.496 e. The van der Waals surface area contributed by atoms with Crippen LogP contribution in [0.5, 0.6) is 5.75 Å². The molecule has 0 spiro atoms. The van der Waals surface area contributed by atoms with Crippen molar-refractivity contribution in [1.29, 1.82) is 0 Å². The molecule has 17 heavy (non-hydrogen) atoms. The van der Waals surface area contributed by atoms with Crippen LogP contribution in [0.1, 0.15) is 11.1 Å². The second kappa shape index (κ2) is 8.16. The normalized spacial score (nSPS) is 10.5. The number of halogens is 1. The van der Waals surface area contributed by atoms with Gasteiger partial charge in [0.05, 0.1) is 7.11 Å². The molecule has 0 atom stereocenters. The van der Waals surface area contributed by atoms with E-state index in [1.54, 1.807) is 14.2 Å². The lowest BCUT2D eigenvalue weighted by Gasteiger charge is -2.12. The Hall–Kier alpha value is -0.980. The van der Waals surface area contributed by atoms with Gasteiger partial charge in [-0.3, -0.25) is 4.99 Å². The molecule has 0 bridgehead atoms. The molecule has 5 heteroatoms. The van der Waals surface area contributed by atoms with Gasteiger partial charge in [0.2, 0.25) is 0 Å². The maximum Gasteiger partial charge on any atom is 0.190 e. The van der Waals surface area contributed by atoms with Gasteiger partial charge in [-0.05, 0) is 18.6 Å². The summed E-state index contributed by atoms with van der Waals surface area (Å²) in [5.74, 6) is 1.67. The summed E-state index contributed by atoms with van der Waals surface area (Å²) >= 11 is 0. The standard InChI is InChI=1S/C12H19N3O.HI/c1-9-5-6-10(11(7-9)16-4)8-15-12(13-2)14-3;/h5-7H,8H2,1-4H3,(H2,13,14,15);1H. The molecular weight excluding hydrogens is 329 g/mol. The van der Waals surface area contributed by atoms with Gasteiger partial charge in [-0.2, -0.15) is 0 Å². The van der Waals surface area contributed by atoms with Crippen LogP contribution >= 0.6 is 24.0 Å². The quantitative estimate of drug-likeness (QED) is 0.498. The molecule has 0 aromatic heterocycles. The molecule has 0 unspecified atom stereocenters. The van der Waals surface area contributed by atoms with Crippen molar-refractivity contribution in [3.63, 3.8) is 0 Å². The number of nitrogens with zero attached hydrogens (tertiary/aromatic N) is 1. The summed E-state index contributed by atoms with van der Waals surface area (Å²) in [5, 5.41) is 6.16. The predicted molar refractivity (Wildman–Crippen MR) is 82.4 cm³/mol. The lowest BCUT2D eigenvalue weighted by Crippen LogP contribution is -2.34. The Balaban J connectivity index is 0.00000256. The van der Waals surface area contributed by atoms with Crippen LogP contribution in [0.25, 0.3) is 0 Å². The fourth-order valence-corrected chi connectivity index (χ4v) is 1.46. The third kappa shape index (κ3) is 4.80. The number of methoxy groups -OCH3 is 1. The first kappa shape index (κ1) is 16.0. The van der Waals surface area contributed by atoms with E-state index in [2.05, 4.69) is 27.8 Å². The minimum Gasteiger partial charge on any atom is -0.496 e. The van der Waals surface area contributed by atoms with E-state index in [0.717, 1.165) is 17.3 Å². The SMILES string of the molecule is CN=C(NC)NCc1ccc(C)cc1OC.I.